The summed E-state index contributed by atoms with van der Waals surface area (Å²) >= 11 is 10.9. The summed E-state index contributed by atoms with van der Waals surface area (Å²) in [6.45, 7) is 0.577. The van der Waals surface area contributed by atoms with Gasteiger partial charge in [0.15, 0.2) is 5.75 Å². The number of methoxy groups -OCH3 is 1. The molecule has 0 bridgehead atoms. The highest BCUT2D eigenvalue weighted by Gasteiger charge is 2.10. The Bertz CT molecular complexity index is 660. The Morgan fingerprint density at radius 2 is 2.14 bits per heavy atom. The van der Waals surface area contributed by atoms with Crippen molar-refractivity contribution in [2.75, 3.05) is 12.4 Å². The molecule has 2 rings (SSSR count). The van der Waals surface area contributed by atoms with Crippen LogP contribution in [0.25, 0.3) is 0 Å². The summed E-state index contributed by atoms with van der Waals surface area (Å²) in [6.07, 6.45) is 0.0523. The van der Waals surface area contributed by atoms with Crippen molar-refractivity contribution in [3.8, 4) is 5.75 Å². The maximum absolute atomic E-state index is 10.7. The number of carbonyl (C=O) groups is 1. The number of hydrogen-bond acceptors (Lipinski definition) is 4. The molecule has 0 aliphatic rings. The zero-order valence-electron chi connectivity index (χ0n) is 11.2. The molecular weight excluding hydrogens is 378 g/mol. The van der Waals surface area contributed by atoms with Crippen LogP contribution in [0.5, 0.6) is 5.75 Å². The lowest BCUT2D eigenvalue weighted by atomic mass is 10.3. The smallest absolute Gasteiger partial charge is 0.308 e. The Kier molecular flexibility index (Phi) is 5.50. The first-order valence-corrected chi connectivity index (χ1v) is 8.04. The van der Waals surface area contributed by atoms with Gasteiger partial charge in [-0.1, -0.05) is 11.6 Å². The Hall–Kier alpha value is -1.24. The van der Waals surface area contributed by atoms with Crippen LogP contribution in [0.15, 0.2) is 28.7 Å². The van der Waals surface area contributed by atoms with Crippen LogP contribution in [0, 0.1) is 0 Å². The van der Waals surface area contributed by atoms with Crippen molar-refractivity contribution in [2.24, 2.45) is 0 Å². The summed E-state index contributed by atoms with van der Waals surface area (Å²) in [6, 6.07) is 7.31. The molecule has 1 aromatic carbocycles. The van der Waals surface area contributed by atoms with Gasteiger partial charge in [0, 0.05) is 21.3 Å². The molecule has 112 valence electrons. The number of benzene rings is 1. The highest BCUT2D eigenvalue weighted by atomic mass is 79.9. The van der Waals surface area contributed by atoms with Crippen LogP contribution in [-0.4, -0.2) is 18.2 Å². The minimum atomic E-state index is -0.822. The van der Waals surface area contributed by atoms with E-state index in [2.05, 4.69) is 21.2 Å². The minimum Gasteiger partial charge on any atom is -0.493 e. The van der Waals surface area contributed by atoms with Crippen molar-refractivity contribution in [3.05, 3.63) is 43.5 Å². The number of ether oxygens (including phenoxy) is 1. The molecule has 7 heteroatoms. The molecule has 0 aliphatic carbocycles. The number of rotatable bonds is 6. The number of nitrogens with one attached hydrogen (secondary N) is 1. The van der Waals surface area contributed by atoms with E-state index in [9.17, 15) is 4.79 Å². The van der Waals surface area contributed by atoms with E-state index >= 15 is 0 Å². The van der Waals surface area contributed by atoms with Crippen molar-refractivity contribution in [1.29, 1.82) is 0 Å². The summed E-state index contributed by atoms with van der Waals surface area (Å²) in [4.78, 5) is 12.5. The quantitative estimate of drug-likeness (QED) is 0.767. The first-order valence-electron chi connectivity index (χ1n) is 6.06. The molecule has 0 saturated heterocycles. The molecule has 21 heavy (non-hydrogen) atoms. The van der Waals surface area contributed by atoms with Crippen LogP contribution >= 0.6 is 38.9 Å². The third-order valence-corrected chi connectivity index (χ3v) is 4.60. The Balaban J connectivity index is 2.09. The number of thiophene rings is 1. The van der Waals surface area contributed by atoms with Gasteiger partial charge in [-0.3, -0.25) is 4.79 Å². The Morgan fingerprint density at radius 1 is 1.43 bits per heavy atom. The second-order valence-corrected chi connectivity index (χ2v) is 6.80. The zero-order valence-corrected chi connectivity index (χ0v) is 14.3. The highest BCUT2D eigenvalue weighted by molar-refractivity contribution is 9.10. The predicted octanol–water partition coefficient (Wildman–Crippen LogP) is 4.41. The lowest BCUT2D eigenvalue weighted by Gasteiger charge is -2.12. The molecule has 0 saturated carbocycles. The fourth-order valence-corrected chi connectivity index (χ4v) is 3.76. The maximum atomic E-state index is 10.7. The van der Waals surface area contributed by atoms with Crippen molar-refractivity contribution in [2.45, 2.75) is 13.0 Å². The fraction of sp³-hybridized carbons (Fsp3) is 0.214. The molecule has 2 aromatic rings. The predicted molar refractivity (Wildman–Crippen MR) is 88.7 cm³/mol. The third-order valence-electron chi connectivity index (χ3n) is 2.71. The monoisotopic (exact) mass is 389 g/mol. The number of halogens is 2. The molecule has 0 spiro atoms. The van der Waals surface area contributed by atoms with Crippen molar-refractivity contribution in [3.63, 3.8) is 0 Å². The molecule has 0 radical (unpaired) electrons. The van der Waals surface area contributed by atoms with Gasteiger partial charge in [-0.15, -0.1) is 11.3 Å². The molecule has 4 nitrogen and oxygen atoms in total. The first kappa shape index (κ1) is 16.1. The summed E-state index contributed by atoms with van der Waals surface area (Å²) < 4.78 is 6.11. The van der Waals surface area contributed by atoms with Gasteiger partial charge in [-0.25, -0.2) is 0 Å². The summed E-state index contributed by atoms with van der Waals surface area (Å²) in [5.41, 5.74) is 0.782. The number of hydrogen-bond donors (Lipinski definition) is 2. The molecule has 0 fully saturated rings. The second-order valence-electron chi connectivity index (χ2n) is 4.26. The Morgan fingerprint density at radius 3 is 2.81 bits per heavy atom. The largest absolute Gasteiger partial charge is 0.493 e. The normalized spacial score (nSPS) is 10.4. The Labute approximate surface area is 139 Å². The summed E-state index contributed by atoms with van der Waals surface area (Å²) in [5, 5.41) is 12.6. The molecule has 0 atom stereocenters. The topological polar surface area (TPSA) is 58.6 Å². The lowest BCUT2D eigenvalue weighted by molar-refractivity contribution is -0.136. The molecule has 0 unspecified atom stereocenters. The molecule has 2 N–H and O–H groups in total. The van der Waals surface area contributed by atoms with Crippen molar-refractivity contribution in [1.82, 2.24) is 0 Å². The number of carboxylic acids is 1. The van der Waals surface area contributed by atoms with E-state index in [4.69, 9.17) is 21.4 Å². The van der Waals surface area contributed by atoms with Gasteiger partial charge >= 0.3 is 5.97 Å². The second kappa shape index (κ2) is 7.15. The summed E-state index contributed by atoms with van der Waals surface area (Å²) in [7, 11) is 1.59. The average Bonchev–Trinajstić information content (AvgIpc) is 2.82. The average molecular weight is 391 g/mol. The lowest BCUT2D eigenvalue weighted by Crippen LogP contribution is -2.00. The van der Waals surface area contributed by atoms with Gasteiger partial charge in [-0.05, 0) is 40.2 Å². The van der Waals surface area contributed by atoms with Crippen LogP contribution in [0.3, 0.4) is 0 Å². The zero-order chi connectivity index (χ0) is 15.4. The van der Waals surface area contributed by atoms with E-state index in [1.165, 1.54) is 11.3 Å². The van der Waals surface area contributed by atoms with E-state index in [1.807, 2.05) is 12.1 Å². The number of aliphatic carboxylic acids is 1. The van der Waals surface area contributed by atoms with E-state index in [0.29, 0.717) is 17.3 Å². The molecular formula is C14H13BrClNO3S. The standard InChI is InChI=1S/C14H13BrClNO3S/c1-20-14-11(15)4-8(16)5-12(14)17-7-10-3-2-9(21-10)6-13(18)19/h2-5,17H,6-7H2,1H3,(H,18,19). The van der Waals surface area contributed by atoms with Gasteiger partial charge in [-0.2, -0.15) is 0 Å². The maximum Gasteiger partial charge on any atom is 0.308 e. The molecule has 0 amide bonds. The van der Waals surface area contributed by atoms with E-state index in [-0.39, 0.29) is 6.42 Å². The number of carboxylic acid groups (broad SMARTS) is 1. The van der Waals surface area contributed by atoms with E-state index < -0.39 is 5.97 Å². The highest BCUT2D eigenvalue weighted by Crippen LogP contribution is 2.36. The first-order chi connectivity index (χ1) is 9.99. The van der Waals surface area contributed by atoms with Crippen molar-refractivity contribution >= 4 is 50.5 Å². The van der Waals surface area contributed by atoms with Gasteiger partial charge in [0.05, 0.1) is 23.7 Å². The molecule has 1 aromatic heterocycles. The molecule has 1 heterocycles. The SMILES string of the molecule is COc1c(Br)cc(Cl)cc1NCc1ccc(CC(=O)O)s1. The van der Waals surface area contributed by atoms with E-state index in [1.54, 1.807) is 19.2 Å². The van der Waals surface area contributed by atoms with E-state index in [0.717, 1.165) is 19.9 Å². The summed E-state index contributed by atoms with van der Waals surface area (Å²) in [5.74, 6) is -0.140. The third kappa shape index (κ3) is 4.36. The minimum absolute atomic E-state index is 0.0523. The van der Waals surface area contributed by atoms with Gasteiger partial charge in [0.25, 0.3) is 0 Å². The van der Waals surface area contributed by atoms with Crippen LogP contribution in [0.4, 0.5) is 5.69 Å². The van der Waals surface area contributed by atoms with Gasteiger partial charge in [0.2, 0.25) is 0 Å². The van der Waals surface area contributed by atoms with Crippen molar-refractivity contribution < 1.29 is 14.6 Å². The van der Waals surface area contributed by atoms with Gasteiger partial charge < -0.3 is 15.2 Å². The fourth-order valence-electron chi connectivity index (χ4n) is 1.84. The van der Waals surface area contributed by atoms with Crippen LogP contribution in [-0.2, 0) is 17.8 Å². The van der Waals surface area contributed by atoms with Crippen LogP contribution < -0.4 is 10.1 Å². The van der Waals surface area contributed by atoms with Crippen LogP contribution in [0.1, 0.15) is 9.75 Å². The number of anilines is 1. The van der Waals surface area contributed by atoms with Gasteiger partial charge in [0.1, 0.15) is 0 Å². The molecule has 0 aliphatic heterocycles. The van der Waals surface area contributed by atoms with Crippen LogP contribution in [0.2, 0.25) is 5.02 Å².